The van der Waals surface area contributed by atoms with Crippen LogP contribution in [0.1, 0.15) is 20.8 Å². The molecule has 1 atom stereocenters. The van der Waals surface area contributed by atoms with Gasteiger partial charge in [-0.1, -0.05) is 12.1 Å². The lowest BCUT2D eigenvalue weighted by Gasteiger charge is -2.24. The Balaban J connectivity index is 3.75. The summed E-state index contributed by atoms with van der Waals surface area (Å²) in [7, 11) is 1.68. The van der Waals surface area contributed by atoms with E-state index in [1.807, 2.05) is 20.8 Å². The Hall–Kier alpha value is -0.810. The van der Waals surface area contributed by atoms with Gasteiger partial charge in [-0.15, -0.1) is 0 Å². The lowest BCUT2D eigenvalue weighted by Crippen LogP contribution is -2.40. The minimum absolute atomic E-state index is 0.0210. The Morgan fingerprint density at radius 1 is 1.64 bits per heavy atom. The first kappa shape index (κ1) is 13.2. The third kappa shape index (κ3) is 5.04. The second kappa shape index (κ2) is 5.82. The summed E-state index contributed by atoms with van der Waals surface area (Å²) < 4.78 is 5.23. The van der Waals surface area contributed by atoms with Crippen molar-refractivity contribution < 1.29 is 9.94 Å². The van der Waals surface area contributed by atoms with E-state index in [0.717, 1.165) is 6.54 Å². The van der Waals surface area contributed by atoms with Gasteiger partial charge in [0.15, 0.2) is 0 Å². The van der Waals surface area contributed by atoms with Crippen molar-refractivity contribution in [1.29, 1.82) is 0 Å². The Morgan fingerprint density at radius 2 is 2.21 bits per heavy atom. The Bertz CT molecular complexity index is 192. The van der Waals surface area contributed by atoms with Crippen LogP contribution in [-0.2, 0) is 4.74 Å². The quantitative estimate of drug-likeness (QED) is 0.252. The molecule has 0 amide bonds. The molecule has 0 saturated heterocycles. The Kier molecular flexibility index (Phi) is 5.49. The van der Waals surface area contributed by atoms with Crippen LogP contribution in [0.4, 0.5) is 0 Å². The number of hydrogen-bond acceptors (Lipinski definition) is 4. The first-order valence-electron chi connectivity index (χ1n) is 4.66. The normalized spacial score (nSPS) is 15.6. The highest BCUT2D eigenvalue weighted by Crippen LogP contribution is 2.04. The Labute approximate surface area is 85.3 Å². The number of nitrogens with two attached hydrogens (primary N) is 1. The van der Waals surface area contributed by atoms with Gasteiger partial charge in [0.05, 0.1) is 5.60 Å². The highest BCUT2D eigenvalue weighted by Gasteiger charge is 2.16. The van der Waals surface area contributed by atoms with E-state index >= 15 is 0 Å². The molecule has 1 unspecified atom stereocenters. The van der Waals surface area contributed by atoms with E-state index in [2.05, 4.69) is 10.5 Å². The number of hydrogen-bond donors (Lipinski definition) is 3. The van der Waals surface area contributed by atoms with Crippen LogP contribution in [0.25, 0.3) is 0 Å². The molecule has 4 N–H and O–H groups in total. The molecule has 0 heterocycles. The lowest BCUT2D eigenvalue weighted by atomic mass is 10.1. The predicted molar refractivity (Wildman–Crippen MR) is 56.5 cm³/mol. The van der Waals surface area contributed by atoms with Crippen LogP contribution < -0.4 is 11.1 Å². The van der Waals surface area contributed by atoms with E-state index in [9.17, 15) is 0 Å². The van der Waals surface area contributed by atoms with E-state index in [1.165, 1.54) is 0 Å². The third-order valence-corrected chi connectivity index (χ3v) is 2.17. The van der Waals surface area contributed by atoms with Crippen molar-refractivity contribution in [1.82, 2.24) is 5.32 Å². The number of nitrogens with zero attached hydrogens (tertiary/aromatic N) is 1. The fourth-order valence-electron chi connectivity index (χ4n) is 0.865. The van der Waals surface area contributed by atoms with Crippen LogP contribution in [0, 0.1) is 5.92 Å². The summed E-state index contributed by atoms with van der Waals surface area (Å²) in [6.45, 7) is 7.28. The van der Waals surface area contributed by atoms with Gasteiger partial charge in [0.2, 0.25) is 0 Å². The van der Waals surface area contributed by atoms with Crippen molar-refractivity contribution in [2.75, 3.05) is 20.2 Å². The fraction of sp³-hybridized carbons (Fsp3) is 0.889. The largest absolute Gasteiger partial charge is 0.409 e. The summed E-state index contributed by atoms with van der Waals surface area (Å²) in [5.74, 6) is 0.264. The smallest absolute Gasteiger partial charge is 0.143 e. The molecule has 5 nitrogen and oxygen atoms in total. The molecular weight excluding hydrogens is 182 g/mol. The zero-order chi connectivity index (χ0) is 11.2. The van der Waals surface area contributed by atoms with Gasteiger partial charge < -0.3 is 21.0 Å². The van der Waals surface area contributed by atoms with Gasteiger partial charge in [0, 0.05) is 26.1 Å². The molecule has 84 valence electrons. The Morgan fingerprint density at radius 3 is 2.64 bits per heavy atom. The average molecular weight is 203 g/mol. The number of amidine groups is 1. The van der Waals surface area contributed by atoms with Crippen LogP contribution >= 0.6 is 0 Å². The maximum atomic E-state index is 8.42. The van der Waals surface area contributed by atoms with Crippen molar-refractivity contribution >= 4 is 5.84 Å². The molecule has 0 aromatic heterocycles. The van der Waals surface area contributed by atoms with Crippen LogP contribution in [0.15, 0.2) is 5.16 Å². The second-order valence-corrected chi connectivity index (χ2v) is 4.02. The summed E-state index contributed by atoms with van der Waals surface area (Å²) in [5.41, 5.74) is 5.24. The zero-order valence-corrected chi connectivity index (χ0v) is 9.37. The number of rotatable bonds is 6. The van der Waals surface area contributed by atoms with Gasteiger partial charge in [-0.25, -0.2) is 0 Å². The van der Waals surface area contributed by atoms with Crippen molar-refractivity contribution in [3.8, 4) is 0 Å². The maximum absolute atomic E-state index is 8.42. The number of oxime groups is 1. The SMILES string of the molecule is COC(C)(C)CNCC(C)C(N)=NO. The fourth-order valence-corrected chi connectivity index (χ4v) is 0.865. The van der Waals surface area contributed by atoms with Gasteiger partial charge >= 0.3 is 0 Å². The first-order chi connectivity index (χ1) is 6.43. The summed E-state index contributed by atoms with van der Waals surface area (Å²) >= 11 is 0. The summed E-state index contributed by atoms with van der Waals surface area (Å²) in [6, 6.07) is 0. The average Bonchev–Trinajstić information content (AvgIpc) is 2.16. The van der Waals surface area contributed by atoms with E-state index < -0.39 is 0 Å². The molecule has 14 heavy (non-hydrogen) atoms. The monoisotopic (exact) mass is 203 g/mol. The molecule has 0 aromatic carbocycles. The molecular formula is C9H21N3O2. The summed E-state index contributed by atoms with van der Waals surface area (Å²) in [4.78, 5) is 0. The minimum atomic E-state index is -0.190. The van der Waals surface area contributed by atoms with Gasteiger partial charge in [-0.2, -0.15) is 0 Å². The molecule has 0 aliphatic carbocycles. The van der Waals surface area contributed by atoms with E-state index in [0.29, 0.717) is 6.54 Å². The number of methoxy groups -OCH3 is 1. The molecule has 0 fully saturated rings. The maximum Gasteiger partial charge on any atom is 0.143 e. The molecule has 0 radical (unpaired) electrons. The van der Waals surface area contributed by atoms with E-state index in [-0.39, 0.29) is 17.4 Å². The van der Waals surface area contributed by atoms with Gasteiger partial charge in [-0.3, -0.25) is 0 Å². The molecule has 0 aliphatic rings. The molecule has 0 bridgehead atoms. The predicted octanol–water partition coefficient (Wildman–Crippen LogP) is 0.384. The van der Waals surface area contributed by atoms with E-state index in [1.54, 1.807) is 7.11 Å². The standard InChI is InChI=1S/C9H21N3O2/c1-7(8(10)12-13)5-11-6-9(2,3)14-4/h7,11,13H,5-6H2,1-4H3,(H2,10,12). The number of ether oxygens (including phenoxy) is 1. The summed E-state index contributed by atoms with van der Waals surface area (Å²) in [5, 5.41) is 14.6. The highest BCUT2D eigenvalue weighted by molar-refractivity contribution is 5.82. The minimum Gasteiger partial charge on any atom is -0.409 e. The molecule has 0 rings (SSSR count). The third-order valence-electron chi connectivity index (χ3n) is 2.17. The van der Waals surface area contributed by atoms with Crippen LogP contribution in [0.5, 0.6) is 0 Å². The first-order valence-corrected chi connectivity index (χ1v) is 4.66. The van der Waals surface area contributed by atoms with Crippen molar-refractivity contribution in [3.63, 3.8) is 0 Å². The molecule has 0 saturated carbocycles. The van der Waals surface area contributed by atoms with E-state index in [4.69, 9.17) is 15.7 Å². The van der Waals surface area contributed by atoms with Crippen molar-refractivity contribution in [2.45, 2.75) is 26.4 Å². The molecule has 0 aliphatic heterocycles. The topological polar surface area (TPSA) is 79.9 Å². The van der Waals surface area contributed by atoms with Gasteiger partial charge in [0.1, 0.15) is 5.84 Å². The van der Waals surface area contributed by atoms with Gasteiger partial charge in [0.25, 0.3) is 0 Å². The van der Waals surface area contributed by atoms with Crippen LogP contribution in [0.3, 0.4) is 0 Å². The van der Waals surface area contributed by atoms with Crippen LogP contribution in [0.2, 0.25) is 0 Å². The second-order valence-electron chi connectivity index (χ2n) is 4.02. The molecule has 0 aromatic rings. The van der Waals surface area contributed by atoms with Crippen molar-refractivity contribution in [2.24, 2.45) is 16.8 Å². The van der Waals surface area contributed by atoms with Gasteiger partial charge in [-0.05, 0) is 13.8 Å². The van der Waals surface area contributed by atoms with Crippen molar-refractivity contribution in [3.05, 3.63) is 0 Å². The highest BCUT2D eigenvalue weighted by atomic mass is 16.5. The molecule has 5 heteroatoms. The zero-order valence-electron chi connectivity index (χ0n) is 9.37. The van der Waals surface area contributed by atoms with Crippen LogP contribution in [-0.4, -0.2) is 36.8 Å². The lowest BCUT2D eigenvalue weighted by molar-refractivity contribution is 0.0232. The molecule has 0 spiro atoms. The summed E-state index contributed by atoms with van der Waals surface area (Å²) in [6.07, 6.45) is 0. The number of nitrogens with one attached hydrogen (secondary N) is 1.